The number of carbonyl (C=O) groups is 1. The molecule has 0 aliphatic heterocycles. The molecule has 1 amide bonds. The number of primary amides is 1. The average Bonchev–Trinajstić information content (AvgIpc) is 3.08. The highest BCUT2D eigenvalue weighted by Crippen LogP contribution is 2.29. The van der Waals surface area contributed by atoms with Gasteiger partial charge in [0.15, 0.2) is 0 Å². The SMILES string of the molecule is NC(=O)Cc1cn(CCCOc2ccccc2)c2ccc(-c3cccc(F)c3)cc12. The molecule has 5 heteroatoms. The highest BCUT2D eigenvalue weighted by atomic mass is 19.1. The normalized spacial score (nSPS) is 11.0. The lowest BCUT2D eigenvalue weighted by Crippen LogP contribution is -2.13. The van der Waals surface area contributed by atoms with Gasteiger partial charge in [-0.25, -0.2) is 4.39 Å². The molecule has 4 rings (SSSR count). The molecule has 3 aromatic carbocycles. The summed E-state index contributed by atoms with van der Waals surface area (Å²) in [6, 6.07) is 22.2. The molecule has 0 fully saturated rings. The van der Waals surface area contributed by atoms with Gasteiger partial charge in [-0.3, -0.25) is 4.79 Å². The fraction of sp³-hybridized carbons (Fsp3) is 0.160. The number of para-hydroxylation sites is 1. The zero-order valence-electron chi connectivity index (χ0n) is 16.6. The van der Waals surface area contributed by atoms with E-state index in [4.69, 9.17) is 10.5 Å². The molecule has 0 radical (unpaired) electrons. The Labute approximate surface area is 174 Å². The maximum atomic E-state index is 13.6. The van der Waals surface area contributed by atoms with Crippen molar-refractivity contribution < 1.29 is 13.9 Å². The zero-order chi connectivity index (χ0) is 20.9. The highest BCUT2D eigenvalue weighted by Gasteiger charge is 2.12. The number of rotatable bonds is 8. The Morgan fingerprint density at radius 3 is 2.53 bits per heavy atom. The number of nitrogens with two attached hydrogens (primary N) is 1. The van der Waals surface area contributed by atoms with Gasteiger partial charge in [0.1, 0.15) is 11.6 Å². The first-order valence-electron chi connectivity index (χ1n) is 9.94. The molecule has 1 aromatic heterocycles. The van der Waals surface area contributed by atoms with Gasteiger partial charge in [-0.15, -0.1) is 0 Å². The third kappa shape index (κ3) is 4.51. The van der Waals surface area contributed by atoms with Crippen LogP contribution in [0.3, 0.4) is 0 Å². The quantitative estimate of drug-likeness (QED) is 0.424. The van der Waals surface area contributed by atoms with Crippen LogP contribution < -0.4 is 10.5 Å². The number of hydrogen-bond acceptors (Lipinski definition) is 2. The number of fused-ring (bicyclic) bond motifs is 1. The number of ether oxygens (including phenoxy) is 1. The molecule has 4 aromatic rings. The van der Waals surface area contributed by atoms with Gasteiger partial charge in [0.2, 0.25) is 5.91 Å². The molecule has 1 heterocycles. The van der Waals surface area contributed by atoms with Crippen LogP contribution in [0.25, 0.3) is 22.0 Å². The summed E-state index contributed by atoms with van der Waals surface area (Å²) >= 11 is 0. The van der Waals surface area contributed by atoms with Crippen molar-refractivity contribution in [3.63, 3.8) is 0 Å². The van der Waals surface area contributed by atoms with Gasteiger partial charge in [0, 0.05) is 23.6 Å². The molecule has 0 saturated carbocycles. The molecule has 0 saturated heterocycles. The molecular weight excluding hydrogens is 379 g/mol. The summed E-state index contributed by atoms with van der Waals surface area (Å²) in [7, 11) is 0. The number of benzene rings is 3. The van der Waals surface area contributed by atoms with Gasteiger partial charge in [-0.1, -0.05) is 36.4 Å². The Hall–Kier alpha value is -3.60. The lowest BCUT2D eigenvalue weighted by atomic mass is 10.0. The van der Waals surface area contributed by atoms with Crippen molar-refractivity contribution in [1.82, 2.24) is 4.57 Å². The van der Waals surface area contributed by atoms with Crippen molar-refractivity contribution in [3.05, 3.63) is 90.4 Å². The van der Waals surface area contributed by atoms with Crippen LogP contribution in [-0.4, -0.2) is 17.1 Å². The van der Waals surface area contributed by atoms with E-state index in [-0.39, 0.29) is 18.1 Å². The summed E-state index contributed by atoms with van der Waals surface area (Å²) in [5, 5.41) is 0.958. The van der Waals surface area contributed by atoms with Gasteiger partial charge in [0.05, 0.1) is 13.0 Å². The second-order valence-corrected chi connectivity index (χ2v) is 7.25. The van der Waals surface area contributed by atoms with Crippen molar-refractivity contribution in [2.24, 2.45) is 5.73 Å². The number of nitrogens with zero attached hydrogens (tertiary/aromatic N) is 1. The molecule has 0 spiro atoms. The highest BCUT2D eigenvalue weighted by molar-refractivity contribution is 5.92. The summed E-state index contributed by atoms with van der Waals surface area (Å²) in [6.45, 7) is 1.34. The molecule has 152 valence electrons. The van der Waals surface area contributed by atoms with Crippen molar-refractivity contribution >= 4 is 16.8 Å². The van der Waals surface area contributed by atoms with E-state index in [0.29, 0.717) is 6.61 Å². The van der Waals surface area contributed by atoms with Crippen LogP contribution >= 0.6 is 0 Å². The number of halogens is 1. The summed E-state index contributed by atoms with van der Waals surface area (Å²) in [5.74, 6) is 0.197. The average molecular weight is 402 g/mol. The number of aromatic nitrogens is 1. The Morgan fingerprint density at radius 2 is 1.77 bits per heavy atom. The maximum absolute atomic E-state index is 13.6. The van der Waals surface area contributed by atoms with Crippen LogP contribution in [-0.2, 0) is 17.8 Å². The Bertz CT molecular complexity index is 1170. The summed E-state index contributed by atoms with van der Waals surface area (Å²) in [4.78, 5) is 11.6. The molecule has 2 N–H and O–H groups in total. The van der Waals surface area contributed by atoms with Gasteiger partial charge >= 0.3 is 0 Å². The number of aryl methyl sites for hydroxylation is 1. The molecule has 4 nitrogen and oxygen atoms in total. The fourth-order valence-electron chi connectivity index (χ4n) is 3.67. The van der Waals surface area contributed by atoms with Crippen molar-refractivity contribution in [2.45, 2.75) is 19.4 Å². The van der Waals surface area contributed by atoms with Crippen LogP contribution in [0.4, 0.5) is 4.39 Å². The minimum absolute atomic E-state index is 0.163. The van der Waals surface area contributed by atoms with Crippen LogP contribution in [0, 0.1) is 5.82 Å². The Kier molecular flexibility index (Phi) is 5.80. The van der Waals surface area contributed by atoms with Gasteiger partial charge in [-0.05, 0) is 59.5 Å². The molecule has 0 bridgehead atoms. The standard InChI is InChI=1S/C25H23FN2O2/c26-21-7-4-6-18(14-21)19-10-11-24-23(15-19)20(16-25(27)29)17-28(24)12-5-13-30-22-8-2-1-3-9-22/h1-4,6-11,14-15,17H,5,12-13,16H2,(H2,27,29). The second-order valence-electron chi connectivity index (χ2n) is 7.25. The van der Waals surface area contributed by atoms with Crippen LogP contribution in [0.5, 0.6) is 5.75 Å². The van der Waals surface area contributed by atoms with Crippen molar-refractivity contribution in [2.75, 3.05) is 6.61 Å². The van der Waals surface area contributed by atoms with Gasteiger partial charge in [-0.2, -0.15) is 0 Å². The molecule has 30 heavy (non-hydrogen) atoms. The predicted molar refractivity (Wildman–Crippen MR) is 117 cm³/mol. The maximum Gasteiger partial charge on any atom is 0.221 e. The first-order chi connectivity index (χ1) is 14.6. The molecule has 0 unspecified atom stereocenters. The molecule has 0 aliphatic rings. The van der Waals surface area contributed by atoms with E-state index in [1.807, 2.05) is 60.8 Å². The van der Waals surface area contributed by atoms with Crippen LogP contribution in [0.2, 0.25) is 0 Å². The van der Waals surface area contributed by atoms with E-state index in [1.54, 1.807) is 6.07 Å². The van der Waals surface area contributed by atoms with Crippen LogP contribution in [0.15, 0.2) is 79.0 Å². The lowest BCUT2D eigenvalue weighted by Gasteiger charge is -2.08. The third-order valence-electron chi connectivity index (χ3n) is 5.04. The minimum Gasteiger partial charge on any atom is -0.494 e. The van der Waals surface area contributed by atoms with E-state index < -0.39 is 0 Å². The van der Waals surface area contributed by atoms with E-state index in [1.165, 1.54) is 12.1 Å². The number of carbonyl (C=O) groups excluding carboxylic acids is 1. The largest absolute Gasteiger partial charge is 0.494 e. The third-order valence-corrected chi connectivity index (χ3v) is 5.04. The van der Waals surface area contributed by atoms with E-state index in [9.17, 15) is 9.18 Å². The summed E-state index contributed by atoms with van der Waals surface area (Å²) < 4.78 is 21.5. The van der Waals surface area contributed by atoms with Gasteiger partial charge in [0.25, 0.3) is 0 Å². The fourth-order valence-corrected chi connectivity index (χ4v) is 3.67. The molecular formula is C25H23FN2O2. The van der Waals surface area contributed by atoms with Gasteiger partial charge < -0.3 is 15.0 Å². The van der Waals surface area contributed by atoms with Crippen molar-refractivity contribution in [1.29, 1.82) is 0 Å². The summed E-state index contributed by atoms with van der Waals surface area (Å²) in [6.07, 6.45) is 2.96. The Morgan fingerprint density at radius 1 is 0.967 bits per heavy atom. The lowest BCUT2D eigenvalue weighted by molar-refractivity contribution is -0.117. The Balaban J connectivity index is 1.57. The van der Waals surface area contributed by atoms with E-state index in [2.05, 4.69) is 4.57 Å². The number of amides is 1. The summed E-state index contributed by atoms with van der Waals surface area (Å²) in [5.41, 5.74) is 9.05. The second kappa shape index (κ2) is 8.82. The minimum atomic E-state index is -0.377. The molecule has 0 aliphatic carbocycles. The molecule has 0 atom stereocenters. The smallest absolute Gasteiger partial charge is 0.221 e. The van der Waals surface area contributed by atoms with E-state index >= 15 is 0 Å². The first kappa shape index (κ1) is 19.7. The predicted octanol–water partition coefficient (Wildman–Crippen LogP) is 4.94. The van der Waals surface area contributed by atoms with Crippen molar-refractivity contribution in [3.8, 4) is 16.9 Å². The monoisotopic (exact) mass is 402 g/mol. The number of hydrogen-bond donors (Lipinski definition) is 1. The van der Waals surface area contributed by atoms with Crippen LogP contribution in [0.1, 0.15) is 12.0 Å². The topological polar surface area (TPSA) is 57.2 Å². The zero-order valence-corrected chi connectivity index (χ0v) is 16.6. The first-order valence-corrected chi connectivity index (χ1v) is 9.94. The van der Waals surface area contributed by atoms with E-state index in [0.717, 1.165) is 46.3 Å².